The van der Waals surface area contributed by atoms with Crippen LogP contribution in [0.3, 0.4) is 0 Å². The first-order valence-electron chi connectivity index (χ1n) is 14.4. The van der Waals surface area contributed by atoms with E-state index in [0.29, 0.717) is 11.8 Å². The van der Waals surface area contributed by atoms with Crippen molar-refractivity contribution >= 4 is 10.9 Å². The fourth-order valence-electron chi connectivity index (χ4n) is 7.38. The average Bonchev–Trinajstić information content (AvgIpc) is 3.51. The molecule has 7 rings (SSSR count). The molecule has 4 heterocycles. The standard InChI is InChI=1S/C31H38N6O/c1-20-6-5-11-36(16-20)17-23-15-32-28-27(23)26(22-9-10-22)18-37(29(28)38)25-8-4-7-24(12-25)31(13-21(2)14-31)30-34-33-19-35(30)3/h4,7-8,12,15,18-22,32H,5-6,9-11,13-14,16-17H2,1-3H3/t20-,21?,31?/m0/s1. The summed E-state index contributed by atoms with van der Waals surface area (Å²) in [5.74, 6) is 2.93. The molecule has 0 radical (unpaired) electrons. The monoisotopic (exact) mass is 510 g/mol. The Morgan fingerprint density at radius 3 is 2.68 bits per heavy atom. The molecule has 1 saturated heterocycles. The van der Waals surface area contributed by atoms with Crippen LogP contribution in [0.2, 0.25) is 0 Å². The first-order chi connectivity index (χ1) is 18.4. The number of hydrogen-bond donors (Lipinski definition) is 1. The summed E-state index contributed by atoms with van der Waals surface area (Å²) in [6, 6.07) is 8.57. The first kappa shape index (κ1) is 23.9. The molecule has 1 atom stereocenters. The summed E-state index contributed by atoms with van der Waals surface area (Å²) in [7, 11) is 2.03. The summed E-state index contributed by atoms with van der Waals surface area (Å²) < 4.78 is 3.93. The largest absolute Gasteiger partial charge is 0.356 e. The highest BCUT2D eigenvalue weighted by atomic mass is 16.1. The smallest absolute Gasteiger partial charge is 0.279 e. The number of aromatic amines is 1. The minimum Gasteiger partial charge on any atom is -0.356 e. The van der Waals surface area contributed by atoms with Gasteiger partial charge in [-0.25, -0.2) is 0 Å². The molecule has 7 heteroatoms. The fraction of sp³-hybridized carbons (Fsp3) is 0.516. The van der Waals surface area contributed by atoms with E-state index in [1.807, 2.05) is 16.2 Å². The zero-order valence-corrected chi connectivity index (χ0v) is 22.8. The number of benzene rings is 1. The minimum absolute atomic E-state index is 0.0366. The van der Waals surface area contributed by atoms with Crippen LogP contribution in [-0.2, 0) is 19.0 Å². The number of rotatable bonds is 6. The molecule has 4 aromatic rings. The van der Waals surface area contributed by atoms with Crippen molar-refractivity contribution in [1.29, 1.82) is 0 Å². The van der Waals surface area contributed by atoms with Crippen LogP contribution in [0, 0.1) is 11.8 Å². The quantitative estimate of drug-likeness (QED) is 0.383. The third-order valence-electron chi connectivity index (χ3n) is 9.31. The maximum Gasteiger partial charge on any atom is 0.279 e. The molecule has 2 saturated carbocycles. The number of likely N-dealkylation sites (tertiary alicyclic amines) is 1. The van der Waals surface area contributed by atoms with Gasteiger partial charge in [-0.2, -0.15) is 0 Å². The number of piperidine rings is 1. The lowest BCUT2D eigenvalue weighted by molar-refractivity contribution is 0.177. The predicted molar refractivity (Wildman–Crippen MR) is 150 cm³/mol. The van der Waals surface area contributed by atoms with Gasteiger partial charge in [0.1, 0.15) is 17.7 Å². The molecule has 1 aromatic carbocycles. The second-order valence-corrected chi connectivity index (χ2v) is 12.5. The number of pyridine rings is 1. The van der Waals surface area contributed by atoms with E-state index in [0.717, 1.165) is 55.4 Å². The van der Waals surface area contributed by atoms with E-state index in [2.05, 4.69) is 70.6 Å². The van der Waals surface area contributed by atoms with Crippen LogP contribution in [0.1, 0.15) is 80.8 Å². The van der Waals surface area contributed by atoms with Crippen LogP contribution in [0.25, 0.3) is 16.6 Å². The molecule has 3 aliphatic rings. The van der Waals surface area contributed by atoms with Crippen LogP contribution in [0.5, 0.6) is 0 Å². The first-order valence-corrected chi connectivity index (χ1v) is 14.4. The average molecular weight is 511 g/mol. The van der Waals surface area contributed by atoms with Gasteiger partial charge in [-0.15, -0.1) is 10.2 Å². The van der Waals surface area contributed by atoms with Gasteiger partial charge in [0.15, 0.2) is 0 Å². The van der Waals surface area contributed by atoms with Crippen molar-refractivity contribution in [2.75, 3.05) is 13.1 Å². The molecule has 3 aromatic heterocycles. The van der Waals surface area contributed by atoms with Crippen molar-refractivity contribution in [2.45, 2.75) is 70.3 Å². The van der Waals surface area contributed by atoms with Gasteiger partial charge in [0.25, 0.3) is 5.56 Å². The Labute approximate surface area is 223 Å². The van der Waals surface area contributed by atoms with Gasteiger partial charge in [-0.3, -0.25) is 14.3 Å². The van der Waals surface area contributed by atoms with Gasteiger partial charge in [-0.1, -0.05) is 26.0 Å². The number of nitrogens with zero attached hydrogens (tertiary/aromatic N) is 5. The summed E-state index contributed by atoms with van der Waals surface area (Å²) >= 11 is 0. The summed E-state index contributed by atoms with van der Waals surface area (Å²) in [6.07, 6.45) is 13.1. The number of aromatic nitrogens is 5. The fourth-order valence-corrected chi connectivity index (χ4v) is 7.38. The zero-order chi connectivity index (χ0) is 26.0. The van der Waals surface area contributed by atoms with Gasteiger partial charge in [0.05, 0.1) is 5.41 Å². The second-order valence-electron chi connectivity index (χ2n) is 12.5. The van der Waals surface area contributed by atoms with E-state index in [-0.39, 0.29) is 11.0 Å². The molecule has 0 spiro atoms. The summed E-state index contributed by atoms with van der Waals surface area (Å²) in [5, 5.41) is 9.88. The van der Waals surface area contributed by atoms with Crippen molar-refractivity contribution in [1.82, 2.24) is 29.2 Å². The predicted octanol–water partition coefficient (Wildman–Crippen LogP) is 5.27. The molecule has 0 bridgehead atoms. The number of nitrogens with one attached hydrogen (secondary N) is 1. The molecule has 2 aliphatic carbocycles. The molecule has 0 amide bonds. The zero-order valence-electron chi connectivity index (χ0n) is 22.8. The molecule has 198 valence electrons. The Morgan fingerprint density at radius 1 is 1.13 bits per heavy atom. The van der Waals surface area contributed by atoms with Gasteiger partial charge in [0, 0.05) is 43.6 Å². The Kier molecular flexibility index (Phi) is 5.62. The molecule has 1 aliphatic heterocycles. The third-order valence-corrected chi connectivity index (χ3v) is 9.31. The van der Waals surface area contributed by atoms with Crippen molar-refractivity contribution in [3.63, 3.8) is 0 Å². The van der Waals surface area contributed by atoms with E-state index in [1.54, 1.807) is 6.33 Å². The van der Waals surface area contributed by atoms with E-state index >= 15 is 0 Å². The lowest BCUT2D eigenvalue weighted by Crippen LogP contribution is -2.43. The van der Waals surface area contributed by atoms with Crippen LogP contribution in [0.15, 0.2) is 47.8 Å². The van der Waals surface area contributed by atoms with Gasteiger partial charge in [-0.05, 0) is 91.6 Å². The number of hydrogen-bond acceptors (Lipinski definition) is 4. The Balaban J connectivity index is 1.31. The van der Waals surface area contributed by atoms with E-state index < -0.39 is 0 Å². The lowest BCUT2D eigenvalue weighted by atomic mass is 9.58. The van der Waals surface area contributed by atoms with Crippen LogP contribution in [0.4, 0.5) is 0 Å². The van der Waals surface area contributed by atoms with Crippen LogP contribution < -0.4 is 5.56 Å². The van der Waals surface area contributed by atoms with E-state index in [9.17, 15) is 4.79 Å². The minimum atomic E-state index is -0.154. The topological polar surface area (TPSA) is 71.7 Å². The van der Waals surface area contributed by atoms with Crippen molar-refractivity contribution in [3.05, 3.63) is 75.9 Å². The Bertz CT molecular complexity index is 1550. The van der Waals surface area contributed by atoms with Gasteiger partial charge >= 0.3 is 0 Å². The second kappa shape index (κ2) is 8.94. The van der Waals surface area contributed by atoms with Crippen molar-refractivity contribution in [2.24, 2.45) is 18.9 Å². The summed E-state index contributed by atoms with van der Waals surface area (Å²) in [6.45, 7) is 7.85. The Morgan fingerprint density at radius 2 is 1.97 bits per heavy atom. The molecule has 3 fully saturated rings. The summed E-state index contributed by atoms with van der Waals surface area (Å²) in [4.78, 5) is 19.9. The highest BCUT2D eigenvalue weighted by molar-refractivity contribution is 5.87. The van der Waals surface area contributed by atoms with Crippen molar-refractivity contribution < 1.29 is 0 Å². The SMILES string of the molecule is CC1CC(c2cccc(-n3cc(C4CC4)c4c(CN5CCC[C@H](C)C5)c[nH]c4c3=O)c2)(c2nncn2C)C1. The van der Waals surface area contributed by atoms with Gasteiger partial charge < -0.3 is 9.55 Å². The summed E-state index contributed by atoms with van der Waals surface area (Å²) in [5.41, 5.74) is 5.38. The van der Waals surface area contributed by atoms with Gasteiger partial charge in [0.2, 0.25) is 0 Å². The molecule has 7 nitrogen and oxygen atoms in total. The molecular weight excluding hydrogens is 472 g/mol. The maximum absolute atomic E-state index is 14.0. The number of aryl methyl sites for hydroxylation is 1. The third kappa shape index (κ3) is 3.85. The molecular formula is C31H38N6O. The molecule has 0 unspecified atom stereocenters. The van der Waals surface area contributed by atoms with Crippen LogP contribution in [-0.4, -0.2) is 42.3 Å². The maximum atomic E-state index is 14.0. The lowest BCUT2D eigenvalue weighted by Gasteiger charge is -2.46. The number of fused-ring (bicyclic) bond motifs is 1. The normalized spacial score (nSPS) is 26.1. The highest BCUT2D eigenvalue weighted by Crippen LogP contribution is 2.51. The van der Waals surface area contributed by atoms with E-state index in [4.69, 9.17) is 0 Å². The molecule has 1 N–H and O–H groups in total. The van der Waals surface area contributed by atoms with Crippen LogP contribution >= 0.6 is 0 Å². The van der Waals surface area contributed by atoms with Crippen molar-refractivity contribution in [3.8, 4) is 5.69 Å². The Hall–Kier alpha value is -3.19. The number of H-pyrrole nitrogens is 1. The highest BCUT2D eigenvalue weighted by Gasteiger charge is 2.48. The van der Waals surface area contributed by atoms with E-state index in [1.165, 1.54) is 47.8 Å². The molecule has 38 heavy (non-hydrogen) atoms.